The van der Waals surface area contributed by atoms with Gasteiger partial charge in [0.25, 0.3) is 0 Å². The lowest BCUT2D eigenvalue weighted by atomic mass is 10.0. The highest BCUT2D eigenvalue weighted by atomic mass is 79.9. The van der Waals surface area contributed by atoms with Gasteiger partial charge in [0, 0.05) is 11.6 Å². The average Bonchev–Trinajstić information content (AvgIpc) is 2.45. The van der Waals surface area contributed by atoms with Crippen molar-refractivity contribution in [2.75, 3.05) is 13.7 Å². The van der Waals surface area contributed by atoms with Crippen molar-refractivity contribution in [1.29, 1.82) is 0 Å². The molecule has 0 aliphatic heterocycles. The number of hydrogen-bond acceptors (Lipinski definition) is 1. The second-order valence-electron chi connectivity index (χ2n) is 4.51. The van der Waals surface area contributed by atoms with Gasteiger partial charge in [-0.25, -0.2) is 4.39 Å². The SMILES string of the molecule is COCCc1ccc(C(Cl)c2ccc(F)cc2Br)cc1. The van der Waals surface area contributed by atoms with Gasteiger partial charge in [0.1, 0.15) is 5.82 Å². The van der Waals surface area contributed by atoms with E-state index in [9.17, 15) is 4.39 Å². The van der Waals surface area contributed by atoms with Crippen LogP contribution >= 0.6 is 27.5 Å². The van der Waals surface area contributed by atoms with Crippen molar-refractivity contribution in [3.05, 3.63) is 69.4 Å². The topological polar surface area (TPSA) is 9.23 Å². The van der Waals surface area contributed by atoms with Gasteiger partial charge >= 0.3 is 0 Å². The van der Waals surface area contributed by atoms with E-state index >= 15 is 0 Å². The number of rotatable bonds is 5. The summed E-state index contributed by atoms with van der Waals surface area (Å²) in [6.45, 7) is 0.702. The lowest BCUT2D eigenvalue weighted by Crippen LogP contribution is -1.97. The Balaban J connectivity index is 2.18. The number of hydrogen-bond donors (Lipinski definition) is 0. The van der Waals surface area contributed by atoms with Gasteiger partial charge in [0.15, 0.2) is 0 Å². The van der Waals surface area contributed by atoms with E-state index in [1.165, 1.54) is 17.7 Å². The van der Waals surface area contributed by atoms with E-state index in [0.29, 0.717) is 11.1 Å². The van der Waals surface area contributed by atoms with Crippen molar-refractivity contribution in [3.63, 3.8) is 0 Å². The highest BCUT2D eigenvalue weighted by Gasteiger charge is 2.14. The van der Waals surface area contributed by atoms with E-state index in [2.05, 4.69) is 15.9 Å². The van der Waals surface area contributed by atoms with E-state index in [-0.39, 0.29) is 11.2 Å². The summed E-state index contributed by atoms with van der Waals surface area (Å²) in [5.41, 5.74) is 3.05. The molecule has 1 atom stereocenters. The summed E-state index contributed by atoms with van der Waals surface area (Å²) in [5, 5.41) is -0.304. The zero-order valence-corrected chi connectivity index (χ0v) is 13.4. The molecule has 0 aliphatic rings. The summed E-state index contributed by atoms with van der Waals surface area (Å²) in [7, 11) is 1.69. The lowest BCUT2D eigenvalue weighted by Gasteiger charge is -2.13. The third kappa shape index (κ3) is 3.81. The van der Waals surface area contributed by atoms with Gasteiger partial charge in [-0.3, -0.25) is 0 Å². The van der Waals surface area contributed by atoms with Crippen LogP contribution in [0.1, 0.15) is 22.1 Å². The summed E-state index contributed by atoms with van der Waals surface area (Å²) >= 11 is 9.82. The molecule has 0 fully saturated rings. The molecule has 20 heavy (non-hydrogen) atoms. The number of ether oxygens (including phenoxy) is 1. The maximum absolute atomic E-state index is 13.1. The molecule has 0 N–H and O–H groups in total. The van der Waals surface area contributed by atoms with Crippen molar-refractivity contribution in [3.8, 4) is 0 Å². The fraction of sp³-hybridized carbons (Fsp3) is 0.250. The molecule has 0 aliphatic carbocycles. The lowest BCUT2D eigenvalue weighted by molar-refractivity contribution is 0.202. The monoisotopic (exact) mass is 356 g/mol. The van der Waals surface area contributed by atoms with Gasteiger partial charge in [-0.15, -0.1) is 11.6 Å². The molecule has 4 heteroatoms. The van der Waals surface area contributed by atoms with Crippen LogP contribution in [0.5, 0.6) is 0 Å². The molecule has 2 rings (SSSR count). The van der Waals surface area contributed by atoms with Crippen molar-refractivity contribution in [2.45, 2.75) is 11.8 Å². The Hall–Kier alpha value is -0.900. The molecule has 0 heterocycles. The smallest absolute Gasteiger partial charge is 0.124 e. The summed E-state index contributed by atoms with van der Waals surface area (Å²) < 4.78 is 18.8. The highest BCUT2D eigenvalue weighted by Crippen LogP contribution is 2.34. The Morgan fingerprint density at radius 1 is 1.20 bits per heavy atom. The molecule has 1 nitrogen and oxygen atoms in total. The number of halogens is 3. The van der Waals surface area contributed by atoms with Crippen molar-refractivity contribution in [1.82, 2.24) is 0 Å². The van der Waals surface area contributed by atoms with Gasteiger partial charge < -0.3 is 4.74 Å². The third-order valence-corrected chi connectivity index (χ3v) is 4.28. The van der Waals surface area contributed by atoms with Gasteiger partial charge in [-0.1, -0.05) is 46.3 Å². The number of methoxy groups -OCH3 is 1. The van der Waals surface area contributed by atoms with Gasteiger partial charge in [-0.2, -0.15) is 0 Å². The molecule has 106 valence electrons. The molecule has 2 aromatic rings. The van der Waals surface area contributed by atoms with Crippen molar-refractivity contribution >= 4 is 27.5 Å². The highest BCUT2D eigenvalue weighted by molar-refractivity contribution is 9.10. The summed E-state index contributed by atoms with van der Waals surface area (Å²) in [5.74, 6) is -0.278. The van der Waals surface area contributed by atoms with Crippen molar-refractivity contribution in [2.24, 2.45) is 0 Å². The minimum atomic E-state index is -0.304. The molecule has 0 radical (unpaired) electrons. The molecule has 0 spiro atoms. The normalized spacial score (nSPS) is 12.4. The van der Waals surface area contributed by atoms with E-state index in [4.69, 9.17) is 16.3 Å². The van der Waals surface area contributed by atoms with Crippen LogP contribution in [0.25, 0.3) is 0 Å². The van der Waals surface area contributed by atoms with Crippen LogP contribution in [0.2, 0.25) is 0 Å². The zero-order chi connectivity index (χ0) is 14.5. The predicted octanol–water partition coefficient (Wildman–Crippen LogP) is 5.11. The first-order valence-electron chi connectivity index (χ1n) is 6.28. The first-order valence-corrected chi connectivity index (χ1v) is 7.51. The maximum atomic E-state index is 13.1. The van der Waals surface area contributed by atoms with Crippen LogP contribution in [0.3, 0.4) is 0 Å². The van der Waals surface area contributed by atoms with E-state index in [1.54, 1.807) is 13.2 Å². The Kier molecular flexibility index (Phi) is 5.58. The van der Waals surface area contributed by atoms with Gasteiger partial charge in [0.2, 0.25) is 0 Å². The van der Waals surface area contributed by atoms with Gasteiger partial charge in [0.05, 0.1) is 12.0 Å². The van der Waals surface area contributed by atoms with E-state index in [0.717, 1.165) is 17.5 Å². The Labute approximate surface area is 131 Å². The van der Waals surface area contributed by atoms with Crippen LogP contribution in [0, 0.1) is 5.82 Å². The summed E-state index contributed by atoms with van der Waals surface area (Å²) in [6.07, 6.45) is 0.879. The van der Waals surface area contributed by atoms with Crippen molar-refractivity contribution < 1.29 is 9.13 Å². The van der Waals surface area contributed by atoms with E-state index < -0.39 is 0 Å². The molecule has 0 amide bonds. The zero-order valence-electron chi connectivity index (χ0n) is 11.1. The molecule has 0 saturated carbocycles. The number of alkyl halides is 1. The predicted molar refractivity (Wildman–Crippen MR) is 83.8 cm³/mol. The molecule has 0 saturated heterocycles. The maximum Gasteiger partial charge on any atom is 0.124 e. The minimum absolute atomic E-state index is 0.278. The van der Waals surface area contributed by atoms with Crippen LogP contribution in [0.4, 0.5) is 4.39 Å². The van der Waals surface area contributed by atoms with Crippen LogP contribution < -0.4 is 0 Å². The molecule has 0 bridgehead atoms. The fourth-order valence-electron chi connectivity index (χ4n) is 1.96. The van der Waals surface area contributed by atoms with E-state index in [1.807, 2.05) is 24.3 Å². The molecular weight excluding hydrogens is 343 g/mol. The average molecular weight is 358 g/mol. The number of benzene rings is 2. The van der Waals surface area contributed by atoms with Crippen LogP contribution in [-0.2, 0) is 11.2 Å². The van der Waals surface area contributed by atoms with Gasteiger partial charge in [-0.05, 0) is 35.2 Å². The standard InChI is InChI=1S/C16H15BrClFO/c1-20-9-8-11-2-4-12(5-3-11)16(18)14-7-6-13(19)10-15(14)17/h2-7,10,16H,8-9H2,1H3. The quantitative estimate of drug-likeness (QED) is 0.676. The first kappa shape index (κ1) is 15.5. The van der Waals surface area contributed by atoms with Crippen LogP contribution in [-0.4, -0.2) is 13.7 Å². The Bertz CT molecular complexity index is 571. The second-order valence-corrected chi connectivity index (χ2v) is 5.80. The largest absolute Gasteiger partial charge is 0.384 e. The Morgan fingerprint density at radius 2 is 1.90 bits per heavy atom. The molecule has 2 aromatic carbocycles. The fourth-order valence-corrected chi connectivity index (χ4v) is 3.01. The first-order chi connectivity index (χ1) is 9.61. The third-order valence-electron chi connectivity index (χ3n) is 3.10. The summed E-state index contributed by atoms with van der Waals surface area (Å²) in [4.78, 5) is 0. The molecule has 1 unspecified atom stereocenters. The minimum Gasteiger partial charge on any atom is -0.384 e. The Morgan fingerprint density at radius 3 is 2.50 bits per heavy atom. The molecular formula is C16H15BrClFO. The molecule has 0 aromatic heterocycles. The van der Waals surface area contributed by atoms with Crippen LogP contribution in [0.15, 0.2) is 46.9 Å². The second kappa shape index (κ2) is 7.21. The summed E-state index contributed by atoms with van der Waals surface area (Å²) in [6, 6.07) is 12.6.